The number of benzene rings is 3. The predicted octanol–water partition coefficient (Wildman–Crippen LogP) is 2.57. The fourth-order valence-corrected chi connectivity index (χ4v) is 3.60. The largest absolute Gasteiger partial charge is 0.456 e. The number of carbonyl (C=O) groups excluding carboxylic acids is 6. The summed E-state index contributed by atoms with van der Waals surface area (Å²) in [5, 5.41) is 2.39. The Bertz CT molecular complexity index is 1380. The number of rotatable bonds is 8. The number of ketones is 1. The summed E-state index contributed by atoms with van der Waals surface area (Å²) in [5.74, 6) is -2.99. The van der Waals surface area contributed by atoms with Crippen LogP contribution in [-0.2, 0) is 14.3 Å². The van der Waals surface area contributed by atoms with Crippen molar-refractivity contribution in [3.8, 4) is 5.75 Å². The van der Waals surface area contributed by atoms with Crippen LogP contribution in [-0.4, -0.2) is 48.6 Å². The van der Waals surface area contributed by atoms with E-state index in [1.54, 1.807) is 24.3 Å². The Morgan fingerprint density at radius 3 is 1.92 bits per heavy atom. The van der Waals surface area contributed by atoms with Crippen molar-refractivity contribution in [1.29, 1.82) is 0 Å². The summed E-state index contributed by atoms with van der Waals surface area (Å²) in [6, 6.07) is 18.0. The van der Waals surface area contributed by atoms with E-state index in [9.17, 15) is 28.8 Å². The summed E-state index contributed by atoms with van der Waals surface area (Å²) in [7, 11) is 0. The highest BCUT2D eigenvalue weighted by Crippen LogP contribution is 2.28. The first-order valence-electron chi connectivity index (χ1n) is 11.1. The molecule has 0 spiro atoms. The highest BCUT2D eigenvalue weighted by atomic mass is 16.5. The van der Waals surface area contributed by atoms with Crippen molar-refractivity contribution in [2.45, 2.75) is 6.92 Å². The normalized spacial score (nSPS) is 12.1. The molecule has 186 valence electrons. The molecule has 37 heavy (non-hydrogen) atoms. The second-order valence-corrected chi connectivity index (χ2v) is 7.92. The lowest BCUT2D eigenvalue weighted by atomic mass is 10.1. The van der Waals surface area contributed by atoms with E-state index in [-0.39, 0.29) is 16.9 Å². The minimum Gasteiger partial charge on any atom is -0.456 e. The average molecular weight is 500 g/mol. The van der Waals surface area contributed by atoms with Crippen LogP contribution in [0.2, 0.25) is 0 Å². The second kappa shape index (κ2) is 10.6. The lowest BCUT2D eigenvalue weighted by Gasteiger charge is -2.14. The maximum absolute atomic E-state index is 12.6. The lowest BCUT2D eigenvalue weighted by Crippen LogP contribution is -2.32. The van der Waals surface area contributed by atoms with E-state index in [1.807, 2.05) is 0 Å². The van der Waals surface area contributed by atoms with Crippen LogP contribution in [0.4, 0.5) is 5.69 Å². The molecule has 10 heteroatoms. The Kier molecular flexibility index (Phi) is 7.19. The van der Waals surface area contributed by atoms with Crippen molar-refractivity contribution in [3.63, 3.8) is 0 Å². The van der Waals surface area contributed by atoms with Crippen LogP contribution in [0.1, 0.15) is 48.4 Å². The number of esters is 2. The SMILES string of the molecule is CC(=O)Oc1ccc(C(=O)COC(=O)CNC(=O)c2ccc(N3C(=O)c4ccccc4C3=O)cc2)cc1. The number of nitrogens with one attached hydrogen (secondary N) is 1. The summed E-state index contributed by atoms with van der Waals surface area (Å²) in [6.07, 6.45) is 0. The van der Waals surface area contributed by atoms with Gasteiger partial charge in [0.25, 0.3) is 17.7 Å². The van der Waals surface area contributed by atoms with Crippen LogP contribution in [0.5, 0.6) is 5.75 Å². The zero-order valence-electron chi connectivity index (χ0n) is 19.6. The van der Waals surface area contributed by atoms with Gasteiger partial charge in [0.15, 0.2) is 12.4 Å². The molecule has 0 radical (unpaired) electrons. The number of Topliss-reactive ketones (excluding diaryl/α,β-unsaturated/α-hetero) is 1. The van der Waals surface area contributed by atoms with Crippen LogP contribution in [0.25, 0.3) is 0 Å². The Morgan fingerprint density at radius 1 is 0.784 bits per heavy atom. The molecule has 1 aliphatic heterocycles. The number of fused-ring (bicyclic) bond motifs is 1. The van der Waals surface area contributed by atoms with E-state index in [1.165, 1.54) is 55.5 Å². The third-order valence-corrected chi connectivity index (χ3v) is 5.38. The number of hydrogen-bond acceptors (Lipinski definition) is 8. The van der Waals surface area contributed by atoms with Gasteiger partial charge in [-0.05, 0) is 60.7 Å². The number of amides is 3. The van der Waals surface area contributed by atoms with Gasteiger partial charge in [-0.15, -0.1) is 0 Å². The van der Waals surface area contributed by atoms with Gasteiger partial charge in [-0.25, -0.2) is 4.90 Å². The smallest absolute Gasteiger partial charge is 0.325 e. The average Bonchev–Trinajstić information content (AvgIpc) is 3.15. The van der Waals surface area contributed by atoms with Gasteiger partial charge >= 0.3 is 11.9 Å². The Balaban J connectivity index is 1.26. The van der Waals surface area contributed by atoms with E-state index < -0.39 is 48.6 Å². The first kappa shape index (κ1) is 25.0. The van der Waals surface area contributed by atoms with Crippen molar-refractivity contribution in [2.24, 2.45) is 0 Å². The first-order chi connectivity index (χ1) is 17.7. The van der Waals surface area contributed by atoms with Gasteiger partial charge in [0, 0.05) is 18.1 Å². The molecule has 1 N–H and O–H groups in total. The van der Waals surface area contributed by atoms with Gasteiger partial charge in [-0.3, -0.25) is 28.8 Å². The van der Waals surface area contributed by atoms with Crippen LogP contribution in [0.15, 0.2) is 72.8 Å². The summed E-state index contributed by atoms with van der Waals surface area (Å²) in [4.78, 5) is 73.7. The van der Waals surface area contributed by atoms with Gasteiger partial charge in [0.2, 0.25) is 0 Å². The first-order valence-corrected chi connectivity index (χ1v) is 11.1. The monoisotopic (exact) mass is 500 g/mol. The molecule has 0 saturated heterocycles. The maximum atomic E-state index is 12.6. The molecule has 0 atom stereocenters. The Morgan fingerprint density at radius 2 is 1.35 bits per heavy atom. The Labute approximate surface area is 210 Å². The summed E-state index contributed by atoms with van der Waals surface area (Å²) < 4.78 is 9.80. The molecule has 3 amide bonds. The van der Waals surface area contributed by atoms with Crippen molar-refractivity contribution in [1.82, 2.24) is 5.32 Å². The molecular weight excluding hydrogens is 480 g/mol. The minimum absolute atomic E-state index is 0.192. The van der Waals surface area contributed by atoms with Crippen LogP contribution < -0.4 is 15.0 Å². The van der Waals surface area contributed by atoms with Gasteiger partial charge in [0.05, 0.1) is 16.8 Å². The van der Waals surface area contributed by atoms with Crippen LogP contribution in [0, 0.1) is 0 Å². The number of nitrogens with zero attached hydrogens (tertiary/aromatic N) is 1. The van der Waals surface area contributed by atoms with E-state index in [2.05, 4.69) is 5.32 Å². The molecule has 0 unspecified atom stereocenters. The summed E-state index contributed by atoms with van der Waals surface area (Å²) in [6.45, 7) is 0.249. The van der Waals surface area contributed by atoms with E-state index in [4.69, 9.17) is 9.47 Å². The summed E-state index contributed by atoms with van der Waals surface area (Å²) >= 11 is 0. The zero-order valence-corrected chi connectivity index (χ0v) is 19.6. The molecule has 0 fully saturated rings. The van der Waals surface area contributed by atoms with Crippen molar-refractivity contribution < 1.29 is 38.2 Å². The maximum Gasteiger partial charge on any atom is 0.325 e. The second-order valence-electron chi connectivity index (χ2n) is 7.92. The van der Waals surface area contributed by atoms with E-state index in [0.717, 1.165) is 4.90 Å². The van der Waals surface area contributed by atoms with E-state index >= 15 is 0 Å². The molecule has 1 heterocycles. The number of imide groups is 1. The molecule has 0 saturated carbocycles. The lowest BCUT2D eigenvalue weighted by molar-refractivity contribution is -0.141. The van der Waals surface area contributed by atoms with Crippen LogP contribution >= 0.6 is 0 Å². The van der Waals surface area contributed by atoms with Crippen molar-refractivity contribution >= 4 is 41.1 Å². The fourth-order valence-electron chi connectivity index (χ4n) is 3.60. The molecule has 0 aliphatic carbocycles. The van der Waals surface area contributed by atoms with Crippen molar-refractivity contribution in [2.75, 3.05) is 18.1 Å². The number of hydrogen-bond donors (Lipinski definition) is 1. The third-order valence-electron chi connectivity index (χ3n) is 5.38. The number of ether oxygens (including phenoxy) is 2. The molecular formula is C27H20N2O8. The molecule has 1 aliphatic rings. The predicted molar refractivity (Wildman–Crippen MR) is 129 cm³/mol. The minimum atomic E-state index is -0.819. The summed E-state index contributed by atoms with van der Waals surface area (Å²) in [5.41, 5.74) is 1.38. The zero-order chi connectivity index (χ0) is 26.5. The van der Waals surface area contributed by atoms with Crippen LogP contribution in [0.3, 0.4) is 0 Å². The molecule has 3 aromatic carbocycles. The van der Waals surface area contributed by atoms with Gasteiger partial charge in [-0.2, -0.15) is 0 Å². The topological polar surface area (TPSA) is 136 Å². The third kappa shape index (κ3) is 5.59. The molecule has 0 aromatic heterocycles. The molecule has 4 rings (SSSR count). The highest BCUT2D eigenvalue weighted by Gasteiger charge is 2.36. The van der Waals surface area contributed by atoms with E-state index in [0.29, 0.717) is 16.8 Å². The molecule has 0 bridgehead atoms. The fraction of sp³-hybridized carbons (Fsp3) is 0.111. The highest BCUT2D eigenvalue weighted by molar-refractivity contribution is 6.34. The van der Waals surface area contributed by atoms with Gasteiger partial charge in [-0.1, -0.05) is 12.1 Å². The Hall–Kier alpha value is -5.12. The quantitative estimate of drug-likeness (QED) is 0.216. The molecule has 3 aromatic rings. The molecule has 10 nitrogen and oxygen atoms in total. The standard InChI is InChI=1S/C27H20N2O8/c1-16(30)37-20-12-8-17(9-13-20)23(31)15-36-24(32)14-28-25(33)18-6-10-19(11-7-18)29-26(34)21-4-2-3-5-22(21)27(29)35/h2-13H,14-15H2,1H3,(H,28,33). The number of anilines is 1. The van der Waals surface area contributed by atoms with Crippen molar-refractivity contribution in [3.05, 3.63) is 95.1 Å². The van der Waals surface area contributed by atoms with Gasteiger partial charge in [0.1, 0.15) is 12.3 Å². The van der Waals surface area contributed by atoms with Gasteiger partial charge < -0.3 is 14.8 Å². The number of carbonyl (C=O) groups is 6.